The van der Waals surface area contributed by atoms with Gasteiger partial charge in [-0.25, -0.2) is 4.98 Å². The fraction of sp³-hybridized carbons (Fsp3) is 0.250. The number of halogens is 4. The van der Waals surface area contributed by atoms with Gasteiger partial charge >= 0.3 is 6.18 Å². The fourth-order valence-corrected chi connectivity index (χ4v) is 1.97. The zero-order chi connectivity index (χ0) is 14.4. The highest BCUT2D eigenvalue weighted by atomic mass is 35.5. The molecule has 0 saturated heterocycles. The minimum absolute atomic E-state index is 0.0181. The van der Waals surface area contributed by atoms with E-state index in [0.29, 0.717) is 11.3 Å². The molecule has 19 heavy (non-hydrogen) atoms. The number of benzene rings is 1. The van der Waals surface area contributed by atoms with E-state index in [1.54, 1.807) is 7.05 Å². The SMILES string of the molecule is Cc1c(N)cc(-c2cnc(Cl)n2C)cc1C(F)(F)F. The van der Waals surface area contributed by atoms with Crippen LogP contribution in [0, 0.1) is 6.92 Å². The number of rotatable bonds is 1. The standard InChI is InChI=1S/C12H11ClF3N3/c1-6-8(12(14,15)16)3-7(4-9(6)17)10-5-18-11(13)19(10)2/h3-5H,17H2,1-2H3. The molecule has 0 unspecified atom stereocenters. The van der Waals surface area contributed by atoms with E-state index in [4.69, 9.17) is 17.3 Å². The predicted octanol–water partition coefficient (Wildman–Crippen LogP) is 3.65. The molecule has 2 rings (SSSR count). The highest BCUT2D eigenvalue weighted by molar-refractivity contribution is 6.28. The number of aromatic nitrogens is 2. The monoisotopic (exact) mass is 289 g/mol. The minimum Gasteiger partial charge on any atom is -0.398 e. The lowest BCUT2D eigenvalue weighted by Gasteiger charge is -2.14. The number of nitrogen functional groups attached to an aromatic ring is 1. The fourth-order valence-electron chi connectivity index (χ4n) is 1.83. The molecular formula is C12H11ClF3N3. The zero-order valence-electron chi connectivity index (χ0n) is 10.2. The third-order valence-electron chi connectivity index (χ3n) is 2.98. The summed E-state index contributed by atoms with van der Waals surface area (Å²) in [6.45, 7) is 1.35. The number of nitrogens with two attached hydrogens (primary N) is 1. The van der Waals surface area contributed by atoms with E-state index in [1.165, 1.54) is 23.8 Å². The third-order valence-corrected chi connectivity index (χ3v) is 3.33. The van der Waals surface area contributed by atoms with Crippen LogP contribution in [0.25, 0.3) is 11.3 Å². The van der Waals surface area contributed by atoms with Gasteiger partial charge in [-0.3, -0.25) is 0 Å². The number of hydrogen-bond acceptors (Lipinski definition) is 2. The van der Waals surface area contributed by atoms with Crippen molar-refractivity contribution in [1.82, 2.24) is 9.55 Å². The zero-order valence-corrected chi connectivity index (χ0v) is 11.0. The van der Waals surface area contributed by atoms with Crippen molar-refractivity contribution in [2.24, 2.45) is 7.05 Å². The molecule has 0 amide bonds. The van der Waals surface area contributed by atoms with E-state index in [2.05, 4.69) is 4.98 Å². The van der Waals surface area contributed by atoms with Crippen LogP contribution in [0.4, 0.5) is 18.9 Å². The molecule has 0 radical (unpaired) electrons. The summed E-state index contributed by atoms with van der Waals surface area (Å²) in [5.41, 5.74) is 5.81. The first-order chi connectivity index (χ1) is 8.71. The molecular weight excluding hydrogens is 279 g/mol. The van der Waals surface area contributed by atoms with Crippen molar-refractivity contribution in [3.8, 4) is 11.3 Å². The van der Waals surface area contributed by atoms with Gasteiger partial charge in [-0.2, -0.15) is 13.2 Å². The van der Waals surface area contributed by atoms with Crippen LogP contribution in [-0.2, 0) is 13.2 Å². The van der Waals surface area contributed by atoms with Gasteiger partial charge in [0.2, 0.25) is 5.28 Å². The molecule has 0 aliphatic heterocycles. The Balaban J connectivity index is 2.67. The Morgan fingerprint density at radius 2 is 1.95 bits per heavy atom. The molecule has 0 saturated carbocycles. The summed E-state index contributed by atoms with van der Waals surface area (Å²) in [5, 5.41) is 0.197. The second-order valence-electron chi connectivity index (χ2n) is 4.21. The molecule has 1 aromatic heterocycles. The van der Waals surface area contributed by atoms with Crippen LogP contribution < -0.4 is 5.73 Å². The largest absolute Gasteiger partial charge is 0.416 e. The molecule has 0 fully saturated rings. The van der Waals surface area contributed by atoms with Crippen LogP contribution in [0.3, 0.4) is 0 Å². The highest BCUT2D eigenvalue weighted by Gasteiger charge is 2.33. The summed E-state index contributed by atoms with van der Waals surface area (Å²) >= 11 is 5.78. The van der Waals surface area contributed by atoms with Gasteiger partial charge in [0.15, 0.2) is 0 Å². The summed E-state index contributed by atoms with van der Waals surface area (Å²) in [6.07, 6.45) is -3.04. The smallest absolute Gasteiger partial charge is 0.398 e. The van der Waals surface area contributed by atoms with Crippen LogP contribution in [0.15, 0.2) is 18.3 Å². The normalized spacial score (nSPS) is 11.9. The van der Waals surface area contributed by atoms with E-state index in [-0.39, 0.29) is 16.5 Å². The van der Waals surface area contributed by atoms with Gasteiger partial charge in [0.05, 0.1) is 17.5 Å². The van der Waals surface area contributed by atoms with Crippen molar-refractivity contribution in [3.05, 3.63) is 34.7 Å². The first-order valence-corrected chi connectivity index (χ1v) is 5.74. The maximum absolute atomic E-state index is 12.9. The van der Waals surface area contributed by atoms with Gasteiger partial charge in [0.1, 0.15) is 0 Å². The Labute approximate surface area is 112 Å². The predicted molar refractivity (Wildman–Crippen MR) is 67.8 cm³/mol. The van der Waals surface area contributed by atoms with Gasteiger partial charge in [0, 0.05) is 18.3 Å². The van der Waals surface area contributed by atoms with Crippen LogP contribution in [-0.4, -0.2) is 9.55 Å². The van der Waals surface area contributed by atoms with Gasteiger partial charge in [-0.1, -0.05) is 0 Å². The summed E-state index contributed by atoms with van der Waals surface area (Å²) in [4.78, 5) is 3.84. The summed E-state index contributed by atoms with van der Waals surface area (Å²) in [5.74, 6) is 0. The molecule has 1 aromatic carbocycles. The van der Waals surface area contributed by atoms with Crippen molar-refractivity contribution in [3.63, 3.8) is 0 Å². The molecule has 1 heterocycles. The molecule has 0 bridgehead atoms. The molecule has 102 valence electrons. The van der Waals surface area contributed by atoms with Gasteiger partial charge in [0.25, 0.3) is 0 Å². The molecule has 0 aliphatic carbocycles. The first-order valence-electron chi connectivity index (χ1n) is 5.36. The summed E-state index contributed by atoms with van der Waals surface area (Å²) < 4.78 is 40.3. The number of imidazole rings is 1. The molecule has 0 aliphatic rings. The molecule has 2 N–H and O–H groups in total. The Kier molecular flexibility index (Phi) is 3.22. The van der Waals surface area contributed by atoms with E-state index in [0.717, 1.165) is 6.07 Å². The molecule has 0 spiro atoms. The van der Waals surface area contributed by atoms with Crippen molar-refractivity contribution < 1.29 is 13.2 Å². The van der Waals surface area contributed by atoms with Crippen molar-refractivity contribution in [2.75, 3.05) is 5.73 Å². The summed E-state index contributed by atoms with van der Waals surface area (Å²) in [7, 11) is 1.62. The van der Waals surface area contributed by atoms with Gasteiger partial charge in [-0.05, 0) is 36.2 Å². The quantitative estimate of drug-likeness (QED) is 0.814. The Bertz CT molecular complexity index is 632. The van der Waals surface area contributed by atoms with E-state index < -0.39 is 11.7 Å². The van der Waals surface area contributed by atoms with Crippen LogP contribution in [0.1, 0.15) is 11.1 Å². The first kappa shape index (κ1) is 13.7. The van der Waals surface area contributed by atoms with Crippen LogP contribution >= 0.6 is 11.6 Å². The second-order valence-corrected chi connectivity index (χ2v) is 4.55. The van der Waals surface area contributed by atoms with E-state index in [9.17, 15) is 13.2 Å². The van der Waals surface area contributed by atoms with E-state index in [1.807, 2.05) is 0 Å². The Hall–Kier alpha value is -1.69. The van der Waals surface area contributed by atoms with Crippen molar-refractivity contribution in [1.29, 1.82) is 0 Å². The topological polar surface area (TPSA) is 43.8 Å². The third kappa shape index (κ3) is 2.40. The highest BCUT2D eigenvalue weighted by Crippen LogP contribution is 2.37. The lowest BCUT2D eigenvalue weighted by Crippen LogP contribution is -2.10. The molecule has 2 aromatic rings. The Morgan fingerprint density at radius 1 is 1.32 bits per heavy atom. The Morgan fingerprint density at radius 3 is 2.42 bits per heavy atom. The lowest BCUT2D eigenvalue weighted by molar-refractivity contribution is -0.138. The maximum atomic E-state index is 12.9. The number of nitrogens with zero attached hydrogens (tertiary/aromatic N) is 2. The molecule has 7 heteroatoms. The van der Waals surface area contributed by atoms with Crippen molar-refractivity contribution >= 4 is 17.3 Å². The number of anilines is 1. The average molecular weight is 290 g/mol. The van der Waals surface area contributed by atoms with E-state index >= 15 is 0 Å². The van der Waals surface area contributed by atoms with Gasteiger partial charge in [-0.15, -0.1) is 0 Å². The molecule has 3 nitrogen and oxygen atoms in total. The van der Waals surface area contributed by atoms with Crippen LogP contribution in [0.2, 0.25) is 5.28 Å². The number of alkyl halides is 3. The minimum atomic E-state index is -4.45. The van der Waals surface area contributed by atoms with Gasteiger partial charge < -0.3 is 10.3 Å². The second kappa shape index (κ2) is 4.45. The average Bonchev–Trinajstić information content (AvgIpc) is 2.62. The number of hydrogen-bond donors (Lipinski definition) is 1. The van der Waals surface area contributed by atoms with Crippen LogP contribution in [0.5, 0.6) is 0 Å². The maximum Gasteiger partial charge on any atom is 0.416 e. The van der Waals surface area contributed by atoms with Crippen molar-refractivity contribution in [2.45, 2.75) is 13.1 Å². The summed E-state index contributed by atoms with van der Waals surface area (Å²) in [6, 6.07) is 2.54. The lowest BCUT2D eigenvalue weighted by atomic mass is 10.0. The molecule has 0 atom stereocenters.